The molecule has 0 bridgehead atoms. The Morgan fingerprint density at radius 3 is 2.50 bits per heavy atom. The maximum absolute atomic E-state index is 4.39. The predicted molar refractivity (Wildman–Crippen MR) is 71.2 cm³/mol. The maximum atomic E-state index is 4.39. The number of nitrogens with one attached hydrogen (secondary N) is 1. The Hall–Kier alpha value is -1.62. The van der Waals surface area contributed by atoms with Crippen molar-refractivity contribution in [2.75, 3.05) is 6.54 Å². The third-order valence-corrected chi connectivity index (χ3v) is 2.97. The van der Waals surface area contributed by atoms with Crippen molar-refractivity contribution in [2.24, 2.45) is 0 Å². The van der Waals surface area contributed by atoms with Crippen molar-refractivity contribution in [3.05, 3.63) is 36.4 Å². The summed E-state index contributed by atoms with van der Waals surface area (Å²) in [6, 6.07) is 0. The van der Waals surface area contributed by atoms with Gasteiger partial charge in [-0.15, -0.1) is 0 Å². The molecule has 2 rings (SSSR count). The number of hydrogen-bond donors (Lipinski definition) is 1. The van der Waals surface area contributed by atoms with Gasteiger partial charge < -0.3 is 14.5 Å². The van der Waals surface area contributed by atoms with Gasteiger partial charge in [0, 0.05) is 31.3 Å². The molecule has 0 spiro atoms. The molecular weight excluding hydrogens is 226 g/mol. The first-order valence-electron chi connectivity index (χ1n) is 6.55. The minimum Gasteiger partial charge on any atom is -0.334 e. The van der Waals surface area contributed by atoms with Crippen molar-refractivity contribution < 1.29 is 0 Å². The summed E-state index contributed by atoms with van der Waals surface area (Å²) >= 11 is 0. The highest BCUT2D eigenvalue weighted by Gasteiger charge is 2.06. The summed E-state index contributed by atoms with van der Waals surface area (Å²) in [5, 5.41) is 3.38. The average molecular weight is 247 g/mol. The van der Waals surface area contributed by atoms with Crippen molar-refractivity contribution in [2.45, 2.75) is 39.9 Å². The summed E-state index contributed by atoms with van der Waals surface area (Å²) in [4.78, 5) is 8.78. The molecule has 5 nitrogen and oxygen atoms in total. The molecule has 2 aromatic heterocycles. The number of hydrogen-bond acceptors (Lipinski definition) is 3. The Morgan fingerprint density at radius 1 is 1.06 bits per heavy atom. The Kier molecular flexibility index (Phi) is 4.52. The van der Waals surface area contributed by atoms with Crippen LogP contribution in [0.2, 0.25) is 0 Å². The van der Waals surface area contributed by atoms with Gasteiger partial charge in [-0.25, -0.2) is 9.97 Å². The van der Waals surface area contributed by atoms with Gasteiger partial charge in [-0.3, -0.25) is 0 Å². The molecule has 0 aliphatic rings. The molecule has 0 saturated carbocycles. The van der Waals surface area contributed by atoms with Crippen molar-refractivity contribution in [1.29, 1.82) is 0 Å². The van der Waals surface area contributed by atoms with E-state index in [0.717, 1.165) is 44.2 Å². The van der Waals surface area contributed by atoms with Crippen molar-refractivity contribution >= 4 is 0 Å². The molecule has 1 N–H and O–H groups in total. The minimum absolute atomic E-state index is 0.782. The van der Waals surface area contributed by atoms with Crippen molar-refractivity contribution in [3.8, 4) is 0 Å². The van der Waals surface area contributed by atoms with Gasteiger partial charge in [-0.05, 0) is 19.9 Å². The lowest BCUT2D eigenvalue weighted by Gasteiger charge is -2.09. The summed E-state index contributed by atoms with van der Waals surface area (Å²) < 4.78 is 4.31. The normalized spacial score (nSPS) is 11.0. The minimum atomic E-state index is 0.782. The van der Waals surface area contributed by atoms with Crippen LogP contribution in [-0.2, 0) is 19.6 Å². The highest BCUT2D eigenvalue weighted by atomic mass is 15.1. The molecule has 0 amide bonds. The van der Waals surface area contributed by atoms with E-state index in [2.05, 4.69) is 38.3 Å². The molecular formula is C13H21N5. The first-order valence-corrected chi connectivity index (χ1v) is 6.55. The van der Waals surface area contributed by atoms with E-state index >= 15 is 0 Å². The Labute approximate surface area is 108 Å². The molecule has 0 atom stereocenters. The molecule has 0 unspecified atom stereocenters. The first kappa shape index (κ1) is 12.8. The standard InChI is InChI=1S/C13H21N5/c1-3-5-14-10-12-15-7-9-18(12)11-13-16-6-8-17(13)4-2/h6-9,14H,3-5,10-11H2,1-2H3. The quantitative estimate of drug-likeness (QED) is 0.757. The molecule has 2 aromatic rings. The molecule has 0 aliphatic heterocycles. The van der Waals surface area contributed by atoms with Gasteiger partial charge in [0.2, 0.25) is 0 Å². The fourth-order valence-corrected chi connectivity index (χ4v) is 1.96. The zero-order chi connectivity index (χ0) is 12.8. The molecule has 5 heteroatoms. The molecule has 0 radical (unpaired) electrons. The van der Waals surface area contributed by atoms with E-state index in [1.54, 1.807) is 0 Å². The van der Waals surface area contributed by atoms with Crippen molar-refractivity contribution in [1.82, 2.24) is 24.4 Å². The molecule has 0 fully saturated rings. The summed E-state index contributed by atoms with van der Waals surface area (Å²) in [5.74, 6) is 2.14. The molecule has 0 aromatic carbocycles. The monoisotopic (exact) mass is 247 g/mol. The van der Waals surface area contributed by atoms with Crippen LogP contribution in [0.5, 0.6) is 0 Å². The summed E-state index contributed by atoms with van der Waals surface area (Å²) in [5.41, 5.74) is 0. The van der Waals surface area contributed by atoms with E-state index in [4.69, 9.17) is 0 Å². The van der Waals surface area contributed by atoms with Crippen LogP contribution < -0.4 is 5.32 Å². The summed E-state index contributed by atoms with van der Waals surface area (Å²) in [6.07, 6.45) is 8.87. The zero-order valence-corrected chi connectivity index (χ0v) is 11.1. The predicted octanol–water partition coefficient (Wildman–Crippen LogP) is 1.65. The molecule has 18 heavy (non-hydrogen) atoms. The van der Waals surface area contributed by atoms with Crippen LogP contribution in [0.3, 0.4) is 0 Å². The van der Waals surface area contributed by atoms with Gasteiger partial charge in [0.25, 0.3) is 0 Å². The van der Waals surface area contributed by atoms with Crippen LogP contribution in [-0.4, -0.2) is 25.6 Å². The molecule has 2 heterocycles. The van der Waals surface area contributed by atoms with Crippen LogP contribution in [0, 0.1) is 0 Å². The lowest BCUT2D eigenvalue weighted by Crippen LogP contribution is -2.18. The molecule has 98 valence electrons. The van der Waals surface area contributed by atoms with Gasteiger partial charge >= 0.3 is 0 Å². The third kappa shape index (κ3) is 2.98. The van der Waals surface area contributed by atoms with Crippen LogP contribution in [0.4, 0.5) is 0 Å². The largest absolute Gasteiger partial charge is 0.334 e. The second-order valence-electron chi connectivity index (χ2n) is 4.28. The highest BCUT2D eigenvalue weighted by molar-refractivity contribution is 4.99. The lowest BCUT2D eigenvalue weighted by molar-refractivity contribution is 0.591. The van der Waals surface area contributed by atoms with E-state index in [9.17, 15) is 0 Å². The Balaban J connectivity index is 2.03. The van der Waals surface area contributed by atoms with Crippen LogP contribution in [0.15, 0.2) is 24.8 Å². The first-order chi connectivity index (χ1) is 8.85. The number of imidazole rings is 2. The summed E-state index contributed by atoms with van der Waals surface area (Å²) in [6.45, 7) is 7.86. The second kappa shape index (κ2) is 6.35. The maximum Gasteiger partial charge on any atom is 0.128 e. The van der Waals surface area contributed by atoms with E-state index in [1.165, 1.54) is 0 Å². The van der Waals surface area contributed by atoms with Crippen LogP contribution in [0.1, 0.15) is 31.9 Å². The van der Waals surface area contributed by atoms with Gasteiger partial charge in [-0.2, -0.15) is 0 Å². The Morgan fingerprint density at radius 2 is 1.78 bits per heavy atom. The number of rotatable bonds is 7. The van der Waals surface area contributed by atoms with Crippen molar-refractivity contribution in [3.63, 3.8) is 0 Å². The topological polar surface area (TPSA) is 47.7 Å². The SMILES string of the molecule is CCCNCc1nccn1Cc1nccn1CC. The van der Waals surface area contributed by atoms with Crippen LogP contribution in [0.25, 0.3) is 0 Å². The van der Waals surface area contributed by atoms with E-state index in [-0.39, 0.29) is 0 Å². The summed E-state index contributed by atoms with van der Waals surface area (Å²) in [7, 11) is 0. The average Bonchev–Trinajstić information content (AvgIpc) is 3.00. The lowest BCUT2D eigenvalue weighted by atomic mass is 10.4. The van der Waals surface area contributed by atoms with E-state index in [1.807, 2.05) is 24.8 Å². The van der Waals surface area contributed by atoms with E-state index in [0.29, 0.717) is 0 Å². The third-order valence-electron chi connectivity index (χ3n) is 2.97. The number of nitrogens with zero attached hydrogens (tertiary/aromatic N) is 4. The van der Waals surface area contributed by atoms with E-state index < -0.39 is 0 Å². The zero-order valence-electron chi connectivity index (χ0n) is 11.1. The van der Waals surface area contributed by atoms with Gasteiger partial charge in [0.15, 0.2) is 0 Å². The number of aromatic nitrogens is 4. The Bertz CT molecular complexity index is 471. The smallest absolute Gasteiger partial charge is 0.128 e. The molecule has 0 aliphatic carbocycles. The van der Waals surface area contributed by atoms with Crippen LogP contribution >= 0.6 is 0 Å². The van der Waals surface area contributed by atoms with Gasteiger partial charge in [-0.1, -0.05) is 6.92 Å². The fraction of sp³-hybridized carbons (Fsp3) is 0.538. The molecule has 0 saturated heterocycles. The van der Waals surface area contributed by atoms with Gasteiger partial charge in [0.1, 0.15) is 11.6 Å². The van der Waals surface area contributed by atoms with Gasteiger partial charge in [0.05, 0.1) is 13.1 Å². The highest BCUT2D eigenvalue weighted by Crippen LogP contribution is 2.04. The number of aryl methyl sites for hydroxylation is 1. The second-order valence-corrected chi connectivity index (χ2v) is 4.28. The fourth-order valence-electron chi connectivity index (χ4n) is 1.96.